The molecule has 1 fully saturated rings. The summed E-state index contributed by atoms with van der Waals surface area (Å²) < 4.78 is 0. The molecule has 0 radical (unpaired) electrons. The van der Waals surface area contributed by atoms with Gasteiger partial charge in [-0.3, -0.25) is 9.59 Å². The van der Waals surface area contributed by atoms with Gasteiger partial charge in [0.1, 0.15) is 6.04 Å². The number of hydrogen-bond acceptors (Lipinski definition) is 2. The molecule has 102 valence electrons. The van der Waals surface area contributed by atoms with Gasteiger partial charge >= 0.3 is 0 Å². The van der Waals surface area contributed by atoms with Crippen LogP contribution in [0.1, 0.15) is 25.8 Å². The van der Waals surface area contributed by atoms with Crippen LogP contribution in [0.25, 0.3) is 0 Å². The van der Waals surface area contributed by atoms with Gasteiger partial charge in [0.15, 0.2) is 0 Å². The van der Waals surface area contributed by atoms with Crippen LogP contribution in [0, 0.1) is 5.92 Å². The smallest absolute Gasteiger partial charge is 0.245 e. The topological polar surface area (TPSA) is 49.4 Å². The van der Waals surface area contributed by atoms with Crippen molar-refractivity contribution in [2.75, 3.05) is 6.54 Å². The standard InChI is InChI=1S/C15H20N2O2/c1-11(2)14-15(19)17(9-8-13(18)16-14)10-12-6-4-3-5-7-12/h3-7,11,14H,8-10H2,1-2H3,(H,16,18)/t14-/m1/s1. The predicted molar refractivity (Wildman–Crippen MR) is 73.2 cm³/mol. The van der Waals surface area contributed by atoms with Crippen LogP contribution in [0.2, 0.25) is 0 Å². The van der Waals surface area contributed by atoms with E-state index in [0.29, 0.717) is 19.5 Å². The summed E-state index contributed by atoms with van der Waals surface area (Å²) in [7, 11) is 0. The highest BCUT2D eigenvalue weighted by molar-refractivity contribution is 5.90. The van der Waals surface area contributed by atoms with E-state index < -0.39 is 6.04 Å². The van der Waals surface area contributed by atoms with Crippen molar-refractivity contribution < 1.29 is 9.59 Å². The maximum Gasteiger partial charge on any atom is 0.245 e. The highest BCUT2D eigenvalue weighted by Gasteiger charge is 2.31. The fourth-order valence-corrected chi connectivity index (χ4v) is 2.26. The van der Waals surface area contributed by atoms with Crippen molar-refractivity contribution in [3.05, 3.63) is 35.9 Å². The largest absolute Gasteiger partial charge is 0.344 e. The third-order valence-corrected chi connectivity index (χ3v) is 3.39. The number of amides is 2. The molecule has 1 aliphatic heterocycles. The molecule has 0 spiro atoms. The van der Waals surface area contributed by atoms with Gasteiger partial charge in [-0.1, -0.05) is 44.2 Å². The molecule has 0 unspecified atom stereocenters. The Labute approximate surface area is 113 Å². The Hall–Kier alpha value is -1.84. The first kappa shape index (κ1) is 13.6. The van der Waals surface area contributed by atoms with Crippen molar-refractivity contribution in [1.29, 1.82) is 0 Å². The average molecular weight is 260 g/mol. The first-order chi connectivity index (χ1) is 9.08. The fourth-order valence-electron chi connectivity index (χ4n) is 2.26. The van der Waals surface area contributed by atoms with Crippen LogP contribution in [0.15, 0.2) is 30.3 Å². The normalized spacial score (nSPS) is 20.4. The zero-order valence-corrected chi connectivity index (χ0v) is 11.4. The Morgan fingerprint density at radius 2 is 1.95 bits per heavy atom. The Kier molecular flexibility index (Phi) is 4.20. The summed E-state index contributed by atoms with van der Waals surface area (Å²) in [5.41, 5.74) is 1.09. The first-order valence-corrected chi connectivity index (χ1v) is 6.70. The fraction of sp³-hybridized carbons (Fsp3) is 0.467. The molecule has 0 bridgehead atoms. The van der Waals surface area contributed by atoms with Gasteiger partial charge in [0.25, 0.3) is 0 Å². The van der Waals surface area contributed by atoms with Gasteiger partial charge in [-0.2, -0.15) is 0 Å². The third-order valence-electron chi connectivity index (χ3n) is 3.39. The van der Waals surface area contributed by atoms with Crippen LogP contribution < -0.4 is 5.32 Å². The van der Waals surface area contributed by atoms with Gasteiger partial charge in [0, 0.05) is 19.5 Å². The highest BCUT2D eigenvalue weighted by Crippen LogP contribution is 2.14. The van der Waals surface area contributed by atoms with Gasteiger partial charge < -0.3 is 10.2 Å². The number of nitrogens with zero attached hydrogens (tertiary/aromatic N) is 1. The molecule has 4 heteroatoms. The van der Waals surface area contributed by atoms with Crippen LogP contribution >= 0.6 is 0 Å². The first-order valence-electron chi connectivity index (χ1n) is 6.70. The minimum Gasteiger partial charge on any atom is -0.344 e. The predicted octanol–water partition coefficient (Wildman–Crippen LogP) is 1.56. The molecule has 4 nitrogen and oxygen atoms in total. The minimum atomic E-state index is -0.404. The summed E-state index contributed by atoms with van der Waals surface area (Å²) in [6.45, 7) is 4.96. The van der Waals surface area contributed by atoms with Gasteiger partial charge in [0.2, 0.25) is 11.8 Å². The van der Waals surface area contributed by atoms with Crippen LogP contribution in [0.3, 0.4) is 0 Å². The third kappa shape index (κ3) is 3.34. The van der Waals surface area contributed by atoms with E-state index in [9.17, 15) is 9.59 Å². The number of carbonyl (C=O) groups excluding carboxylic acids is 2. The van der Waals surface area contributed by atoms with Gasteiger partial charge in [-0.25, -0.2) is 0 Å². The van der Waals surface area contributed by atoms with Crippen LogP contribution in [0.5, 0.6) is 0 Å². The van der Waals surface area contributed by atoms with Crippen molar-refractivity contribution in [3.8, 4) is 0 Å². The molecule has 1 aromatic carbocycles. The quantitative estimate of drug-likeness (QED) is 0.896. The number of carbonyl (C=O) groups is 2. The molecule has 0 saturated carbocycles. The van der Waals surface area contributed by atoms with E-state index in [1.165, 1.54) is 0 Å². The Bertz CT molecular complexity index is 456. The van der Waals surface area contributed by atoms with E-state index in [0.717, 1.165) is 5.56 Å². The maximum absolute atomic E-state index is 12.4. The molecule has 0 aromatic heterocycles. The van der Waals surface area contributed by atoms with E-state index in [4.69, 9.17) is 0 Å². The Morgan fingerprint density at radius 1 is 1.26 bits per heavy atom. The van der Waals surface area contributed by atoms with Crippen LogP contribution in [-0.4, -0.2) is 29.3 Å². The molecule has 19 heavy (non-hydrogen) atoms. The van der Waals surface area contributed by atoms with Crippen molar-refractivity contribution >= 4 is 11.8 Å². The maximum atomic E-state index is 12.4. The SMILES string of the molecule is CC(C)[C@H]1NC(=O)CCN(Cc2ccccc2)C1=O. The number of benzene rings is 1. The zero-order valence-electron chi connectivity index (χ0n) is 11.4. The van der Waals surface area contributed by atoms with E-state index in [1.54, 1.807) is 4.90 Å². The molecule has 1 atom stereocenters. The van der Waals surface area contributed by atoms with E-state index in [2.05, 4.69) is 5.32 Å². The molecule has 1 aliphatic rings. The molecule has 1 aromatic rings. The van der Waals surface area contributed by atoms with Crippen molar-refractivity contribution in [2.45, 2.75) is 32.9 Å². The number of hydrogen-bond donors (Lipinski definition) is 1. The van der Waals surface area contributed by atoms with Crippen molar-refractivity contribution in [1.82, 2.24) is 10.2 Å². The second kappa shape index (κ2) is 5.87. The Balaban J connectivity index is 2.14. The lowest BCUT2D eigenvalue weighted by Crippen LogP contribution is -2.47. The van der Waals surface area contributed by atoms with E-state index in [-0.39, 0.29) is 17.7 Å². The van der Waals surface area contributed by atoms with Crippen molar-refractivity contribution in [3.63, 3.8) is 0 Å². The second-order valence-corrected chi connectivity index (χ2v) is 5.28. The molecular weight excluding hydrogens is 240 g/mol. The average Bonchev–Trinajstić information content (AvgIpc) is 2.53. The summed E-state index contributed by atoms with van der Waals surface area (Å²) in [4.78, 5) is 25.9. The summed E-state index contributed by atoms with van der Waals surface area (Å²) in [5.74, 6) is 0.0835. The van der Waals surface area contributed by atoms with E-state index >= 15 is 0 Å². The monoisotopic (exact) mass is 260 g/mol. The van der Waals surface area contributed by atoms with Gasteiger partial charge in [-0.15, -0.1) is 0 Å². The summed E-state index contributed by atoms with van der Waals surface area (Å²) >= 11 is 0. The molecule has 2 rings (SSSR count). The minimum absolute atomic E-state index is 0.0182. The molecule has 1 heterocycles. The number of rotatable bonds is 3. The zero-order chi connectivity index (χ0) is 13.8. The molecule has 0 aliphatic carbocycles. The molecule has 2 amide bonds. The van der Waals surface area contributed by atoms with Gasteiger partial charge in [-0.05, 0) is 11.5 Å². The lowest BCUT2D eigenvalue weighted by Gasteiger charge is -2.26. The second-order valence-electron chi connectivity index (χ2n) is 5.28. The Morgan fingerprint density at radius 3 is 2.58 bits per heavy atom. The van der Waals surface area contributed by atoms with Crippen LogP contribution in [-0.2, 0) is 16.1 Å². The summed E-state index contributed by atoms with van der Waals surface area (Å²) in [6.07, 6.45) is 0.377. The summed E-state index contributed by atoms with van der Waals surface area (Å²) in [6, 6.07) is 9.46. The highest BCUT2D eigenvalue weighted by atomic mass is 16.2. The number of nitrogens with one attached hydrogen (secondary N) is 1. The van der Waals surface area contributed by atoms with Gasteiger partial charge in [0.05, 0.1) is 0 Å². The van der Waals surface area contributed by atoms with E-state index in [1.807, 2.05) is 44.2 Å². The lowest BCUT2D eigenvalue weighted by atomic mass is 10.0. The molecule has 1 N–H and O–H groups in total. The molecule has 1 saturated heterocycles. The summed E-state index contributed by atoms with van der Waals surface area (Å²) in [5, 5.41) is 2.81. The van der Waals surface area contributed by atoms with Crippen molar-refractivity contribution in [2.24, 2.45) is 5.92 Å². The molecular formula is C15H20N2O2. The lowest BCUT2D eigenvalue weighted by molar-refractivity contribution is -0.135. The van der Waals surface area contributed by atoms with Crippen LogP contribution in [0.4, 0.5) is 0 Å².